The van der Waals surface area contributed by atoms with Gasteiger partial charge in [-0.25, -0.2) is 14.5 Å². The van der Waals surface area contributed by atoms with Crippen LogP contribution < -0.4 is 4.90 Å². The highest BCUT2D eigenvalue weighted by Gasteiger charge is 2.23. The van der Waals surface area contributed by atoms with Gasteiger partial charge in [0.05, 0.1) is 11.1 Å². The number of aliphatic carboxylic acids is 1. The van der Waals surface area contributed by atoms with Crippen LogP contribution in [0.4, 0.5) is 5.95 Å². The number of anilines is 1. The molecule has 33 heavy (non-hydrogen) atoms. The Morgan fingerprint density at radius 1 is 1.00 bits per heavy atom. The zero-order valence-corrected chi connectivity index (χ0v) is 19.1. The molecule has 0 radical (unpaired) electrons. The van der Waals surface area contributed by atoms with Gasteiger partial charge < -0.3 is 10.0 Å². The Hall–Kier alpha value is -3.55. The van der Waals surface area contributed by atoms with Gasteiger partial charge in [0.15, 0.2) is 11.3 Å². The van der Waals surface area contributed by atoms with Crippen LogP contribution in [-0.2, 0) is 11.2 Å². The van der Waals surface area contributed by atoms with Crippen LogP contribution in [0.15, 0.2) is 30.3 Å². The van der Waals surface area contributed by atoms with Crippen LogP contribution in [-0.4, -0.2) is 48.7 Å². The summed E-state index contributed by atoms with van der Waals surface area (Å²) in [6.45, 7) is 5.79. The second-order valence-electron chi connectivity index (χ2n) is 8.73. The molecule has 1 fully saturated rings. The summed E-state index contributed by atoms with van der Waals surface area (Å²) in [5, 5.41) is 14.8. The van der Waals surface area contributed by atoms with E-state index < -0.39 is 5.97 Å². The maximum atomic E-state index is 11.1. The molecule has 3 aromatic heterocycles. The minimum atomic E-state index is -0.821. The van der Waals surface area contributed by atoms with Crippen molar-refractivity contribution in [1.29, 1.82) is 0 Å². The first kappa shape index (κ1) is 21.3. The third-order valence-electron chi connectivity index (χ3n) is 6.49. The lowest BCUT2D eigenvalue weighted by Crippen LogP contribution is -2.26. The van der Waals surface area contributed by atoms with Crippen LogP contribution in [0.2, 0.25) is 0 Å². The Morgan fingerprint density at radius 2 is 1.73 bits per heavy atom. The van der Waals surface area contributed by atoms with Crippen molar-refractivity contribution < 1.29 is 9.90 Å². The maximum Gasteiger partial charge on any atom is 0.303 e. The highest BCUT2D eigenvalue weighted by atomic mass is 16.4. The van der Waals surface area contributed by atoms with E-state index in [1.54, 1.807) is 0 Å². The molecule has 0 spiro atoms. The number of carboxylic acid groups (broad SMARTS) is 1. The van der Waals surface area contributed by atoms with Crippen LogP contribution in [0, 0.1) is 13.8 Å². The van der Waals surface area contributed by atoms with Crippen LogP contribution >= 0.6 is 0 Å². The summed E-state index contributed by atoms with van der Waals surface area (Å²) in [6, 6.07) is 10.1. The molecule has 0 amide bonds. The molecule has 5 rings (SSSR count). The molecular formula is C25H28N6O2. The minimum Gasteiger partial charge on any atom is -0.481 e. The smallest absolute Gasteiger partial charge is 0.303 e. The van der Waals surface area contributed by atoms with E-state index in [4.69, 9.17) is 25.2 Å². The van der Waals surface area contributed by atoms with Crippen LogP contribution in [0.25, 0.3) is 27.9 Å². The van der Waals surface area contributed by atoms with Crippen molar-refractivity contribution in [2.45, 2.75) is 52.4 Å². The summed E-state index contributed by atoms with van der Waals surface area (Å²) in [7, 11) is 0. The van der Waals surface area contributed by atoms with Gasteiger partial charge in [0.1, 0.15) is 0 Å². The number of carboxylic acids is 1. The molecule has 1 saturated heterocycles. The molecule has 4 aromatic rings. The second-order valence-corrected chi connectivity index (χ2v) is 8.73. The molecule has 8 nitrogen and oxygen atoms in total. The number of rotatable bonds is 5. The van der Waals surface area contributed by atoms with E-state index in [2.05, 4.69) is 17.0 Å². The molecule has 8 heteroatoms. The van der Waals surface area contributed by atoms with Crippen molar-refractivity contribution in [3.05, 3.63) is 47.3 Å². The average molecular weight is 445 g/mol. The molecule has 0 atom stereocenters. The first-order valence-electron chi connectivity index (χ1n) is 11.6. The fourth-order valence-electron chi connectivity index (χ4n) is 4.73. The topological polar surface area (TPSA) is 96.5 Å². The number of aryl methyl sites for hydroxylation is 2. The van der Waals surface area contributed by atoms with Crippen molar-refractivity contribution in [1.82, 2.24) is 24.6 Å². The van der Waals surface area contributed by atoms with E-state index in [0.29, 0.717) is 23.7 Å². The molecule has 1 aliphatic heterocycles. The van der Waals surface area contributed by atoms with Gasteiger partial charge in [-0.1, -0.05) is 43.2 Å². The fourth-order valence-corrected chi connectivity index (χ4v) is 4.73. The maximum absolute atomic E-state index is 11.1. The predicted octanol–water partition coefficient (Wildman–Crippen LogP) is 4.35. The van der Waals surface area contributed by atoms with Gasteiger partial charge in [-0.2, -0.15) is 4.98 Å². The molecule has 4 heterocycles. The summed E-state index contributed by atoms with van der Waals surface area (Å²) in [4.78, 5) is 28.2. The number of hydrogen-bond acceptors (Lipinski definition) is 6. The van der Waals surface area contributed by atoms with Crippen molar-refractivity contribution in [2.75, 3.05) is 18.0 Å². The van der Waals surface area contributed by atoms with E-state index in [-0.39, 0.29) is 6.42 Å². The molecule has 0 unspecified atom stereocenters. The molecule has 0 saturated carbocycles. The Labute approximate surface area is 192 Å². The largest absolute Gasteiger partial charge is 0.481 e. The van der Waals surface area contributed by atoms with Gasteiger partial charge in [0, 0.05) is 36.5 Å². The Kier molecular flexibility index (Phi) is 5.66. The molecule has 0 bridgehead atoms. The van der Waals surface area contributed by atoms with Gasteiger partial charge in [-0.05, 0) is 38.7 Å². The number of hydrogen-bond donors (Lipinski definition) is 1. The van der Waals surface area contributed by atoms with Gasteiger partial charge in [0.25, 0.3) is 0 Å². The molecule has 1 aliphatic rings. The molecule has 170 valence electrons. The van der Waals surface area contributed by atoms with E-state index in [9.17, 15) is 4.79 Å². The quantitative estimate of drug-likeness (QED) is 0.489. The lowest BCUT2D eigenvalue weighted by Gasteiger charge is -2.20. The van der Waals surface area contributed by atoms with Gasteiger partial charge >= 0.3 is 5.97 Å². The predicted molar refractivity (Wildman–Crippen MR) is 128 cm³/mol. The first-order chi connectivity index (χ1) is 16.0. The zero-order chi connectivity index (χ0) is 22.9. The summed E-state index contributed by atoms with van der Waals surface area (Å²) in [6.07, 6.45) is 5.23. The highest BCUT2D eigenvalue weighted by Crippen LogP contribution is 2.32. The van der Waals surface area contributed by atoms with Crippen molar-refractivity contribution in [3.63, 3.8) is 0 Å². The third kappa shape index (κ3) is 4.01. The summed E-state index contributed by atoms with van der Waals surface area (Å²) in [5.74, 6) is -0.106. The third-order valence-corrected chi connectivity index (χ3v) is 6.49. The Bertz CT molecular complexity index is 1320. The standard InChI is InChI=1S/C25H28N6O2/c1-16-19(12-13-20(32)33)17(2)31-24(26-16)21-22(18-10-6-5-7-11-18)27-25(28-23(21)29-31)30-14-8-3-4-9-15-30/h5-7,10-11H,3-4,8-9,12-15H2,1-2H3,(H,32,33). The number of benzene rings is 1. The van der Waals surface area contributed by atoms with Crippen molar-refractivity contribution in [3.8, 4) is 11.3 Å². The molecule has 1 N–H and O–H groups in total. The van der Waals surface area contributed by atoms with Crippen LogP contribution in [0.5, 0.6) is 0 Å². The van der Waals surface area contributed by atoms with Crippen LogP contribution in [0.3, 0.4) is 0 Å². The molecule has 1 aromatic carbocycles. The van der Waals surface area contributed by atoms with Crippen molar-refractivity contribution in [2.24, 2.45) is 0 Å². The number of nitrogens with zero attached hydrogens (tertiary/aromatic N) is 6. The summed E-state index contributed by atoms with van der Waals surface area (Å²) >= 11 is 0. The van der Waals surface area contributed by atoms with E-state index in [0.717, 1.165) is 59.5 Å². The van der Waals surface area contributed by atoms with Gasteiger partial charge in [-0.3, -0.25) is 4.79 Å². The second kappa shape index (κ2) is 8.77. The van der Waals surface area contributed by atoms with E-state index in [1.807, 2.05) is 36.6 Å². The highest BCUT2D eigenvalue weighted by molar-refractivity contribution is 6.01. The minimum absolute atomic E-state index is 0.0594. The number of aromatic nitrogens is 5. The lowest BCUT2D eigenvalue weighted by molar-refractivity contribution is -0.136. The Balaban J connectivity index is 1.75. The Morgan fingerprint density at radius 3 is 2.42 bits per heavy atom. The summed E-state index contributed by atoms with van der Waals surface area (Å²) in [5.41, 5.74) is 5.79. The van der Waals surface area contributed by atoms with E-state index in [1.165, 1.54) is 12.8 Å². The number of fused-ring (bicyclic) bond motifs is 3. The average Bonchev–Trinajstić information content (AvgIpc) is 2.98. The fraction of sp³-hybridized carbons (Fsp3) is 0.400. The molecular weight excluding hydrogens is 416 g/mol. The van der Waals surface area contributed by atoms with Crippen molar-refractivity contribution >= 4 is 28.6 Å². The van der Waals surface area contributed by atoms with Gasteiger partial charge in [-0.15, -0.1) is 5.10 Å². The number of carbonyl (C=O) groups is 1. The van der Waals surface area contributed by atoms with E-state index >= 15 is 0 Å². The SMILES string of the molecule is Cc1nc2c3c(-c4ccccc4)nc(N4CCCCCC4)nc3nn2c(C)c1CCC(=O)O. The van der Waals surface area contributed by atoms with Gasteiger partial charge in [0.2, 0.25) is 5.95 Å². The lowest BCUT2D eigenvalue weighted by atomic mass is 10.1. The summed E-state index contributed by atoms with van der Waals surface area (Å²) < 4.78 is 1.81. The zero-order valence-electron chi connectivity index (χ0n) is 19.1. The van der Waals surface area contributed by atoms with Crippen LogP contribution in [0.1, 0.15) is 49.1 Å². The monoisotopic (exact) mass is 444 g/mol. The molecule has 0 aliphatic carbocycles. The first-order valence-corrected chi connectivity index (χ1v) is 11.6. The normalized spacial score (nSPS) is 14.7.